The zero-order valence-electron chi connectivity index (χ0n) is 8.14. The molecule has 0 unspecified atom stereocenters. The Labute approximate surface area is 100 Å². The molecule has 0 fully saturated rings. The summed E-state index contributed by atoms with van der Waals surface area (Å²) in [6.45, 7) is 0. The number of halogens is 1. The molecule has 2 N–H and O–H groups in total. The van der Waals surface area contributed by atoms with Crippen LogP contribution in [0.1, 0.15) is 10.6 Å². The molecule has 16 heavy (non-hydrogen) atoms. The first-order chi connectivity index (χ1) is 7.65. The number of nitrogen functional groups attached to an aromatic ring is 1. The lowest BCUT2D eigenvalue weighted by Gasteiger charge is -2.01. The summed E-state index contributed by atoms with van der Waals surface area (Å²) in [4.78, 5) is 11.5. The summed E-state index contributed by atoms with van der Waals surface area (Å²) in [6, 6.07) is 9.87. The van der Waals surface area contributed by atoms with Crippen molar-refractivity contribution in [2.75, 3.05) is 5.73 Å². The van der Waals surface area contributed by atoms with Crippen molar-refractivity contribution in [3.8, 4) is 5.75 Å². The minimum Gasteiger partial charge on any atom is -0.434 e. The number of benzene rings is 1. The normalized spacial score (nSPS) is 10.1. The lowest BCUT2D eigenvalue weighted by molar-refractivity contribution is 0.0702. The van der Waals surface area contributed by atoms with Gasteiger partial charge < -0.3 is 14.9 Å². The summed E-state index contributed by atoms with van der Waals surface area (Å²) < 4.78 is 10.9. The van der Waals surface area contributed by atoms with Gasteiger partial charge in [0.25, 0.3) is 0 Å². The Hall–Kier alpha value is -1.75. The molecule has 82 valence electrons. The fraction of sp³-hybridized carbons (Fsp3) is 0. The highest BCUT2D eigenvalue weighted by Gasteiger charge is 2.12. The molecule has 0 aliphatic carbocycles. The minimum absolute atomic E-state index is 0.0837. The maximum Gasteiger partial charge on any atom is 0.379 e. The van der Waals surface area contributed by atoms with Crippen molar-refractivity contribution in [1.82, 2.24) is 0 Å². The van der Waals surface area contributed by atoms with Gasteiger partial charge in [-0.05, 0) is 30.3 Å². The predicted octanol–water partition coefficient (Wildman–Crippen LogP) is 2.84. The average molecular weight is 282 g/mol. The van der Waals surface area contributed by atoms with E-state index in [2.05, 4.69) is 15.9 Å². The number of nitrogens with two attached hydrogens (primary N) is 1. The number of rotatable bonds is 2. The Kier molecular flexibility index (Phi) is 2.96. The van der Waals surface area contributed by atoms with Gasteiger partial charge in [0.1, 0.15) is 5.75 Å². The monoisotopic (exact) mass is 281 g/mol. The number of ether oxygens (including phenoxy) is 1. The Morgan fingerprint density at radius 1 is 1.19 bits per heavy atom. The van der Waals surface area contributed by atoms with Gasteiger partial charge in [0, 0.05) is 10.5 Å². The van der Waals surface area contributed by atoms with Crippen LogP contribution in [-0.4, -0.2) is 5.97 Å². The summed E-state index contributed by atoms with van der Waals surface area (Å²) in [5, 5.41) is 0. The van der Waals surface area contributed by atoms with Crippen molar-refractivity contribution in [3.05, 3.63) is 46.6 Å². The number of hydrogen-bond acceptors (Lipinski definition) is 4. The van der Waals surface area contributed by atoms with E-state index in [4.69, 9.17) is 14.9 Å². The summed E-state index contributed by atoms with van der Waals surface area (Å²) >= 11 is 3.28. The molecular weight excluding hydrogens is 274 g/mol. The van der Waals surface area contributed by atoms with E-state index in [1.165, 1.54) is 12.1 Å². The van der Waals surface area contributed by atoms with E-state index in [0.29, 0.717) is 5.75 Å². The van der Waals surface area contributed by atoms with E-state index >= 15 is 0 Å². The third-order valence-corrected chi connectivity index (χ3v) is 2.38. The van der Waals surface area contributed by atoms with Crippen molar-refractivity contribution in [3.63, 3.8) is 0 Å². The van der Waals surface area contributed by atoms with Crippen molar-refractivity contribution < 1.29 is 13.9 Å². The summed E-state index contributed by atoms with van der Waals surface area (Å²) in [6.07, 6.45) is 0. The van der Waals surface area contributed by atoms with Crippen molar-refractivity contribution in [2.24, 2.45) is 0 Å². The molecule has 1 aromatic heterocycles. The number of furan rings is 1. The van der Waals surface area contributed by atoms with Crippen LogP contribution in [0.2, 0.25) is 0 Å². The maximum absolute atomic E-state index is 11.5. The Morgan fingerprint density at radius 3 is 2.44 bits per heavy atom. The fourth-order valence-corrected chi connectivity index (χ4v) is 1.39. The van der Waals surface area contributed by atoms with Crippen molar-refractivity contribution in [2.45, 2.75) is 0 Å². The average Bonchev–Trinajstić information content (AvgIpc) is 2.68. The van der Waals surface area contributed by atoms with Gasteiger partial charge in [-0.25, -0.2) is 4.79 Å². The zero-order chi connectivity index (χ0) is 11.5. The van der Waals surface area contributed by atoms with Crippen LogP contribution in [0.5, 0.6) is 5.75 Å². The van der Waals surface area contributed by atoms with Gasteiger partial charge in [0.05, 0.1) is 0 Å². The number of carbonyl (C=O) groups excluding carboxylic acids is 1. The van der Waals surface area contributed by atoms with Crippen LogP contribution >= 0.6 is 15.9 Å². The molecule has 0 aliphatic heterocycles. The largest absolute Gasteiger partial charge is 0.434 e. The molecule has 0 bridgehead atoms. The van der Waals surface area contributed by atoms with Crippen LogP contribution in [0.15, 0.2) is 45.3 Å². The number of anilines is 1. The minimum atomic E-state index is -0.570. The Balaban J connectivity index is 2.10. The van der Waals surface area contributed by atoms with Gasteiger partial charge in [0.2, 0.25) is 5.76 Å². The van der Waals surface area contributed by atoms with Crippen LogP contribution in [0.3, 0.4) is 0 Å². The predicted molar refractivity (Wildman–Crippen MR) is 62.2 cm³/mol. The molecule has 0 aliphatic rings. The lowest BCUT2D eigenvalue weighted by atomic mass is 10.3. The summed E-state index contributed by atoms with van der Waals surface area (Å²) in [5.74, 6) is 0.144. The molecule has 0 amide bonds. The van der Waals surface area contributed by atoms with Gasteiger partial charge in [-0.1, -0.05) is 15.9 Å². The molecule has 0 radical (unpaired) electrons. The van der Waals surface area contributed by atoms with Crippen molar-refractivity contribution in [1.29, 1.82) is 0 Å². The van der Waals surface area contributed by atoms with E-state index in [1.54, 1.807) is 24.3 Å². The van der Waals surface area contributed by atoms with Crippen LogP contribution in [-0.2, 0) is 0 Å². The molecule has 1 heterocycles. The Morgan fingerprint density at radius 2 is 1.88 bits per heavy atom. The summed E-state index contributed by atoms with van der Waals surface area (Å²) in [7, 11) is 0. The highest BCUT2D eigenvalue weighted by molar-refractivity contribution is 9.10. The second kappa shape index (κ2) is 4.40. The lowest BCUT2D eigenvalue weighted by Crippen LogP contribution is -2.06. The number of hydrogen-bond donors (Lipinski definition) is 1. The first-order valence-electron chi connectivity index (χ1n) is 4.48. The van der Waals surface area contributed by atoms with Gasteiger partial charge in [-0.3, -0.25) is 0 Å². The van der Waals surface area contributed by atoms with Crippen LogP contribution < -0.4 is 10.5 Å². The molecule has 1 aromatic carbocycles. The van der Waals surface area contributed by atoms with E-state index in [0.717, 1.165) is 4.47 Å². The van der Waals surface area contributed by atoms with Gasteiger partial charge >= 0.3 is 5.97 Å². The van der Waals surface area contributed by atoms with E-state index in [-0.39, 0.29) is 11.6 Å². The SMILES string of the molecule is Nc1ccc(C(=O)Oc2ccc(Br)cc2)o1. The van der Waals surface area contributed by atoms with Gasteiger partial charge in [0.15, 0.2) is 5.88 Å². The first-order valence-corrected chi connectivity index (χ1v) is 5.27. The molecule has 0 saturated heterocycles. The molecular formula is C11H8BrNO3. The fourth-order valence-electron chi connectivity index (χ4n) is 1.12. The number of carbonyl (C=O) groups is 1. The van der Waals surface area contributed by atoms with Crippen LogP contribution in [0, 0.1) is 0 Å². The molecule has 5 heteroatoms. The van der Waals surface area contributed by atoms with E-state index in [9.17, 15) is 4.79 Å². The van der Waals surface area contributed by atoms with Gasteiger partial charge in [-0.15, -0.1) is 0 Å². The quantitative estimate of drug-likeness (QED) is 0.679. The smallest absolute Gasteiger partial charge is 0.379 e. The highest BCUT2D eigenvalue weighted by atomic mass is 79.9. The second-order valence-corrected chi connectivity index (χ2v) is 3.96. The van der Waals surface area contributed by atoms with Crippen LogP contribution in [0.25, 0.3) is 0 Å². The zero-order valence-corrected chi connectivity index (χ0v) is 9.73. The molecule has 0 spiro atoms. The Bertz CT molecular complexity index is 504. The molecule has 0 atom stereocenters. The van der Waals surface area contributed by atoms with Crippen LogP contribution in [0.4, 0.5) is 5.88 Å². The third-order valence-electron chi connectivity index (χ3n) is 1.85. The molecule has 2 rings (SSSR count). The molecule has 4 nitrogen and oxygen atoms in total. The molecule has 0 saturated carbocycles. The highest BCUT2D eigenvalue weighted by Crippen LogP contribution is 2.18. The maximum atomic E-state index is 11.5. The summed E-state index contributed by atoms with van der Waals surface area (Å²) in [5.41, 5.74) is 5.35. The standard InChI is InChI=1S/C11H8BrNO3/c12-7-1-3-8(4-2-7)15-11(14)9-5-6-10(13)16-9/h1-6H,13H2. The number of esters is 1. The third kappa shape index (κ3) is 2.43. The van der Waals surface area contributed by atoms with E-state index < -0.39 is 5.97 Å². The first kappa shape index (κ1) is 10.8. The molecule has 2 aromatic rings. The van der Waals surface area contributed by atoms with Crippen molar-refractivity contribution >= 4 is 27.8 Å². The van der Waals surface area contributed by atoms with Gasteiger partial charge in [-0.2, -0.15) is 0 Å². The second-order valence-electron chi connectivity index (χ2n) is 3.05. The van der Waals surface area contributed by atoms with E-state index in [1.807, 2.05) is 0 Å². The topological polar surface area (TPSA) is 65.5 Å².